The van der Waals surface area contributed by atoms with Gasteiger partial charge in [0, 0.05) is 24.2 Å². The average molecular weight is 365 g/mol. The summed E-state index contributed by atoms with van der Waals surface area (Å²) >= 11 is 0. The van der Waals surface area contributed by atoms with Crippen molar-refractivity contribution < 1.29 is 14.0 Å². The summed E-state index contributed by atoms with van der Waals surface area (Å²) in [5.41, 5.74) is 1.97. The summed E-state index contributed by atoms with van der Waals surface area (Å²) in [5.74, 6) is 2.59. The molecule has 0 unspecified atom stereocenters. The van der Waals surface area contributed by atoms with E-state index in [2.05, 4.69) is 25.3 Å². The third kappa shape index (κ3) is 3.22. The number of rotatable bonds is 6. The molecule has 0 spiro atoms. The molecule has 3 aromatic rings. The van der Waals surface area contributed by atoms with E-state index in [1.54, 1.807) is 19.4 Å². The molecule has 0 aromatic carbocycles. The lowest BCUT2D eigenvalue weighted by atomic mass is 9.96. The van der Waals surface area contributed by atoms with Crippen LogP contribution in [0.25, 0.3) is 23.1 Å². The highest BCUT2D eigenvalue weighted by Gasteiger charge is 2.29. The second-order valence-electron chi connectivity index (χ2n) is 6.93. The van der Waals surface area contributed by atoms with Crippen LogP contribution in [0.1, 0.15) is 43.7 Å². The van der Waals surface area contributed by atoms with Crippen LogP contribution >= 0.6 is 0 Å². The molecule has 0 atom stereocenters. The maximum atomic E-state index is 5.91. The molecular weight excluding hydrogens is 346 g/mol. The summed E-state index contributed by atoms with van der Waals surface area (Å²) in [4.78, 5) is 8.74. The minimum atomic E-state index is 0.283. The predicted molar refractivity (Wildman–Crippen MR) is 95.3 cm³/mol. The van der Waals surface area contributed by atoms with Gasteiger partial charge in [-0.15, -0.1) is 5.10 Å². The summed E-state index contributed by atoms with van der Waals surface area (Å²) < 4.78 is 16.7. The molecule has 0 N–H and O–H groups in total. The van der Waals surface area contributed by atoms with Crippen molar-refractivity contribution in [3.05, 3.63) is 30.1 Å². The zero-order valence-electron chi connectivity index (χ0n) is 15.0. The molecule has 0 amide bonds. The van der Waals surface area contributed by atoms with E-state index in [1.807, 2.05) is 12.1 Å². The molecule has 0 saturated heterocycles. The van der Waals surface area contributed by atoms with E-state index in [1.165, 1.54) is 6.42 Å². The Hall–Kier alpha value is -3.03. The molecule has 0 radical (unpaired) electrons. The molecule has 0 bridgehead atoms. The van der Waals surface area contributed by atoms with Gasteiger partial charge in [-0.05, 0) is 38.2 Å². The molecular formula is C19H19N5O3. The zero-order chi connectivity index (χ0) is 18.2. The Morgan fingerprint density at radius 2 is 1.96 bits per heavy atom. The lowest BCUT2D eigenvalue weighted by molar-refractivity contribution is 0.120. The fourth-order valence-corrected chi connectivity index (χ4v) is 3.01. The fourth-order valence-electron chi connectivity index (χ4n) is 3.01. The predicted octanol–water partition coefficient (Wildman–Crippen LogP) is 3.41. The first-order valence-electron chi connectivity index (χ1n) is 9.19. The van der Waals surface area contributed by atoms with Crippen LogP contribution in [0.3, 0.4) is 0 Å². The number of aromatic nitrogens is 5. The van der Waals surface area contributed by atoms with Crippen LogP contribution in [0, 0.1) is 0 Å². The van der Waals surface area contributed by atoms with Gasteiger partial charge in [-0.3, -0.25) is 4.98 Å². The highest BCUT2D eigenvalue weighted by molar-refractivity contribution is 5.57. The SMILES string of the molecule is COc1cc(-c2nc(-c3cc(OC4CCC4)ccn3)no2)nnc1C1CC1. The van der Waals surface area contributed by atoms with Crippen molar-refractivity contribution in [2.75, 3.05) is 7.11 Å². The van der Waals surface area contributed by atoms with Crippen molar-refractivity contribution in [3.8, 4) is 34.6 Å². The monoisotopic (exact) mass is 365 g/mol. The molecule has 5 rings (SSSR count). The topological polar surface area (TPSA) is 96.1 Å². The van der Waals surface area contributed by atoms with Gasteiger partial charge in [0.25, 0.3) is 5.89 Å². The molecule has 8 heteroatoms. The smallest absolute Gasteiger partial charge is 0.278 e. The molecule has 2 fully saturated rings. The van der Waals surface area contributed by atoms with Gasteiger partial charge in [-0.1, -0.05) is 5.16 Å². The lowest BCUT2D eigenvalue weighted by Gasteiger charge is -2.26. The number of pyridine rings is 1. The Labute approximate surface area is 155 Å². The van der Waals surface area contributed by atoms with E-state index in [4.69, 9.17) is 14.0 Å². The second-order valence-corrected chi connectivity index (χ2v) is 6.93. The van der Waals surface area contributed by atoms with Crippen molar-refractivity contribution in [3.63, 3.8) is 0 Å². The van der Waals surface area contributed by atoms with Gasteiger partial charge in [-0.2, -0.15) is 10.1 Å². The Morgan fingerprint density at radius 1 is 1.07 bits per heavy atom. The minimum absolute atomic E-state index is 0.283. The second kappa shape index (κ2) is 6.61. The minimum Gasteiger partial charge on any atom is -0.495 e. The van der Waals surface area contributed by atoms with Crippen molar-refractivity contribution >= 4 is 0 Å². The largest absolute Gasteiger partial charge is 0.495 e. The third-order valence-corrected chi connectivity index (χ3v) is 4.93. The first-order chi connectivity index (χ1) is 13.3. The van der Waals surface area contributed by atoms with E-state index in [9.17, 15) is 0 Å². The van der Waals surface area contributed by atoms with E-state index >= 15 is 0 Å². The van der Waals surface area contributed by atoms with Gasteiger partial charge in [0.2, 0.25) is 5.82 Å². The summed E-state index contributed by atoms with van der Waals surface area (Å²) in [6.07, 6.45) is 7.66. The van der Waals surface area contributed by atoms with Crippen molar-refractivity contribution in [2.45, 2.75) is 44.1 Å². The summed E-state index contributed by atoms with van der Waals surface area (Å²) in [7, 11) is 1.63. The first-order valence-corrected chi connectivity index (χ1v) is 9.19. The van der Waals surface area contributed by atoms with E-state index < -0.39 is 0 Å². The summed E-state index contributed by atoms with van der Waals surface area (Å²) in [5, 5.41) is 12.6. The van der Waals surface area contributed by atoms with E-state index in [0.29, 0.717) is 35.0 Å². The Morgan fingerprint density at radius 3 is 2.70 bits per heavy atom. The molecule has 2 aliphatic rings. The average Bonchev–Trinajstić information content (AvgIpc) is 3.40. The van der Waals surface area contributed by atoms with Crippen LogP contribution < -0.4 is 9.47 Å². The van der Waals surface area contributed by atoms with Crippen LogP contribution in [-0.2, 0) is 0 Å². The maximum absolute atomic E-state index is 5.91. The Balaban J connectivity index is 1.40. The number of ether oxygens (including phenoxy) is 2. The molecule has 3 heterocycles. The summed E-state index contributed by atoms with van der Waals surface area (Å²) in [6, 6.07) is 5.46. The highest BCUT2D eigenvalue weighted by atomic mass is 16.5. The van der Waals surface area contributed by atoms with Crippen LogP contribution in [-0.4, -0.2) is 38.5 Å². The molecule has 0 aliphatic heterocycles. The Bertz CT molecular complexity index is 965. The fraction of sp³-hybridized carbons (Fsp3) is 0.421. The third-order valence-electron chi connectivity index (χ3n) is 4.93. The van der Waals surface area contributed by atoms with E-state index in [-0.39, 0.29) is 5.89 Å². The van der Waals surface area contributed by atoms with Gasteiger partial charge < -0.3 is 14.0 Å². The maximum Gasteiger partial charge on any atom is 0.278 e. The zero-order valence-corrected chi connectivity index (χ0v) is 15.0. The summed E-state index contributed by atoms with van der Waals surface area (Å²) in [6.45, 7) is 0. The Kier molecular flexibility index (Phi) is 3.95. The number of hydrogen-bond acceptors (Lipinski definition) is 8. The molecule has 2 saturated carbocycles. The van der Waals surface area contributed by atoms with Crippen LogP contribution in [0.15, 0.2) is 28.9 Å². The van der Waals surface area contributed by atoms with E-state index in [0.717, 1.165) is 37.1 Å². The highest BCUT2D eigenvalue weighted by Crippen LogP contribution is 2.43. The standard InChI is InChI=1S/C19H19N5O3/c1-25-16-10-15(22-23-17(16)11-5-6-11)19-21-18(24-27-19)14-9-13(7-8-20-14)26-12-3-2-4-12/h7-12H,2-6H2,1H3. The van der Waals surface area contributed by atoms with Crippen LogP contribution in [0.4, 0.5) is 0 Å². The lowest BCUT2D eigenvalue weighted by Crippen LogP contribution is -2.24. The van der Waals surface area contributed by atoms with Gasteiger partial charge >= 0.3 is 0 Å². The van der Waals surface area contributed by atoms with Crippen LogP contribution in [0.2, 0.25) is 0 Å². The number of nitrogens with zero attached hydrogens (tertiary/aromatic N) is 5. The quantitative estimate of drug-likeness (QED) is 0.656. The van der Waals surface area contributed by atoms with Gasteiger partial charge in [0.05, 0.1) is 13.2 Å². The number of hydrogen-bond donors (Lipinski definition) is 0. The molecule has 2 aliphatic carbocycles. The first kappa shape index (κ1) is 16.2. The molecule has 3 aromatic heterocycles. The normalized spacial score (nSPS) is 16.8. The molecule has 138 valence electrons. The number of methoxy groups -OCH3 is 1. The van der Waals surface area contributed by atoms with Gasteiger partial charge in [0.15, 0.2) is 5.69 Å². The molecule has 27 heavy (non-hydrogen) atoms. The van der Waals surface area contributed by atoms with Gasteiger partial charge in [-0.25, -0.2) is 0 Å². The van der Waals surface area contributed by atoms with Crippen molar-refractivity contribution in [1.29, 1.82) is 0 Å². The van der Waals surface area contributed by atoms with Crippen molar-refractivity contribution in [2.24, 2.45) is 0 Å². The van der Waals surface area contributed by atoms with Gasteiger partial charge in [0.1, 0.15) is 22.9 Å². The van der Waals surface area contributed by atoms with Crippen LogP contribution in [0.5, 0.6) is 11.5 Å². The molecule has 8 nitrogen and oxygen atoms in total. The van der Waals surface area contributed by atoms with Crippen molar-refractivity contribution in [1.82, 2.24) is 25.3 Å².